The minimum absolute atomic E-state index is 0.0171. The number of aromatic nitrogens is 4. The molecule has 1 aliphatic rings. The summed E-state index contributed by atoms with van der Waals surface area (Å²) in [6, 6.07) is 0. The van der Waals surface area contributed by atoms with E-state index in [0.717, 1.165) is 0 Å². The number of nitrogens with two attached hydrogens (primary N) is 1. The molecular weight excluding hydrogens is 254 g/mol. The van der Waals surface area contributed by atoms with Crippen molar-refractivity contribution in [1.82, 2.24) is 19.7 Å². The first kappa shape index (κ1) is 12.1. The van der Waals surface area contributed by atoms with Crippen molar-refractivity contribution in [2.45, 2.75) is 24.9 Å². The molecular formula is C10H13N5O4. The summed E-state index contributed by atoms with van der Waals surface area (Å²) in [7, 11) is 0. The smallest absolute Gasteiger partial charge is 0.263 e. The van der Waals surface area contributed by atoms with Gasteiger partial charge in [-0.3, -0.25) is 9.78 Å². The van der Waals surface area contributed by atoms with Crippen LogP contribution in [-0.4, -0.2) is 48.8 Å². The zero-order chi connectivity index (χ0) is 13.6. The lowest BCUT2D eigenvalue weighted by molar-refractivity contribution is -0.0470. The molecule has 0 spiro atoms. The van der Waals surface area contributed by atoms with Gasteiger partial charge in [0.1, 0.15) is 11.5 Å². The molecule has 3 atom stereocenters. The number of hydrogen-bond donors (Lipinski definition) is 4. The number of aromatic amines is 1. The molecule has 1 fully saturated rings. The molecule has 2 aromatic rings. The van der Waals surface area contributed by atoms with Crippen LogP contribution in [-0.2, 0) is 4.74 Å². The number of H-pyrrole nitrogens is 1. The summed E-state index contributed by atoms with van der Waals surface area (Å²) in [4.78, 5) is 18.0. The number of anilines is 1. The summed E-state index contributed by atoms with van der Waals surface area (Å²) in [5.74, 6) is -0.0171. The fourth-order valence-electron chi connectivity index (χ4n) is 2.19. The van der Waals surface area contributed by atoms with Crippen molar-refractivity contribution in [1.29, 1.82) is 0 Å². The predicted octanol–water partition coefficient (Wildman–Crippen LogP) is -1.66. The third kappa shape index (κ3) is 1.87. The summed E-state index contributed by atoms with van der Waals surface area (Å²) in [5, 5.41) is 23.1. The Balaban J connectivity index is 2.05. The lowest BCUT2D eigenvalue weighted by atomic mass is 10.2. The number of nitrogens with zero attached hydrogens (tertiary/aromatic N) is 3. The minimum Gasteiger partial charge on any atom is -0.394 e. The molecule has 0 amide bonds. The Morgan fingerprint density at radius 3 is 3.11 bits per heavy atom. The molecule has 0 aliphatic carbocycles. The van der Waals surface area contributed by atoms with Gasteiger partial charge in [0.25, 0.3) is 5.56 Å². The molecule has 5 N–H and O–H groups in total. The number of aliphatic hydroxyl groups is 2. The van der Waals surface area contributed by atoms with Crippen LogP contribution in [0.5, 0.6) is 0 Å². The lowest BCUT2D eigenvalue weighted by Crippen LogP contribution is -2.24. The molecule has 9 heteroatoms. The molecule has 0 unspecified atom stereocenters. The second-order valence-electron chi connectivity index (χ2n) is 4.39. The maximum Gasteiger partial charge on any atom is 0.263 e. The zero-order valence-corrected chi connectivity index (χ0v) is 9.85. The van der Waals surface area contributed by atoms with Gasteiger partial charge in [-0.2, -0.15) is 10.1 Å². The molecule has 0 aromatic carbocycles. The average Bonchev–Trinajstić information content (AvgIpc) is 2.92. The third-order valence-electron chi connectivity index (χ3n) is 3.14. The Morgan fingerprint density at radius 1 is 1.63 bits per heavy atom. The minimum atomic E-state index is -0.784. The molecule has 3 heterocycles. The van der Waals surface area contributed by atoms with Gasteiger partial charge in [0.2, 0.25) is 5.95 Å². The van der Waals surface area contributed by atoms with Crippen molar-refractivity contribution in [2.24, 2.45) is 0 Å². The molecule has 1 aliphatic heterocycles. The van der Waals surface area contributed by atoms with E-state index in [4.69, 9.17) is 15.6 Å². The normalized spacial score (nSPS) is 27.2. The highest BCUT2D eigenvalue weighted by Crippen LogP contribution is 2.29. The van der Waals surface area contributed by atoms with Crippen molar-refractivity contribution < 1.29 is 14.9 Å². The maximum atomic E-state index is 11.7. The van der Waals surface area contributed by atoms with E-state index in [9.17, 15) is 9.90 Å². The fourth-order valence-corrected chi connectivity index (χ4v) is 2.19. The highest BCUT2D eigenvalue weighted by molar-refractivity contribution is 5.74. The van der Waals surface area contributed by atoms with Crippen LogP contribution in [0.3, 0.4) is 0 Å². The van der Waals surface area contributed by atoms with Crippen LogP contribution in [0.25, 0.3) is 11.0 Å². The summed E-state index contributed by atoms with van der Waals surface area (Å²) >= 11 is 0. The van der Waals surface area contributed by atoms with Crippen LogP contribution < -0.4 is 11.3 Å². The van der Waals surface area contributed by atoms with Crippen molar-refractivity contribution in [3.05, 3.63) is 16.6 Å². The van der Waals surface area contributed by atoms with E-state index < -0.39 is 18.4 Å². The van der Waals surface area contributed by atoms with Crippen molar-refractivity contribution >= 4 is 17.0 Å². The molecule has 102 valence electrons. The van der Waals surface area contributed by atoms with Gasteiger partial charge in [0.05, 0.1) is 18.9 Å². The number of fused-ring (bicyclic) bond motifs is 1. The van der Waals surface area contributed by atoms with E-state index >= 15 is 0 Å². The van der Waals surface area contributed by atoms with Crippen LogP contribution in [0.4, 0.5) is 5.95 Å². The monoisotopic (exact) mass is 267 g/mol. The van der Waals surface area contributed by atoms with E-state index in [-0.39, 0.29) is 30.2 Å². The average molecular weight is 267 g/mol. The van der Waals surface area contributed by atoms with Crippen LogP contribution in [0.2, 0.25) is 0 Å². The summed E-state index contributed by atoms with van der Waals surface area (Å²) in [6.45, 7) is -0.285. The van der Waals surface area contributed by atoms with Crippen LogP contribution in [0.15, 0.2) is 11.0 Å². The molecule has 0 bridgehead atoms. The molecule has 19 heavy (non-hydrogen) atoms. The van der Waals surface area contributed by atoms with Crippen LogP contribution >= 0.6 is 0 Å². The molecule has 0 radical (unpaired) electrons. The Labute approximate surface area is 106 Å². The fraction of sp³-hybridized carbons (Fsp3) is 0.500. The number of aliphatic hydroxyl groups excluding tert-OH is 2. The summed E-state index contributed by atoms with van der Waals surface area (Å²) < 4.78 is 6.85. The molecule has 2 aromatic heterocycles. The van der Waals surface area contributed by atoms with Crippen molar-refractivity contribution in [3.8, 4) is 0 Å². The van der Waals surface area contributed by atoms with Gasteiger partial charge in [-0.25, -0.2) is 4.68 Å². The van der Waals surface area contributed by atoms with E-state index in [0.29, 0.717) is 5.39 Å². The first-order valence-electron chi connectivity index (χ1n) is 5.77. The van der Waals surface area contributed by atoms with Gasteiger partial charge in [-0.05, 0) is 0 Å². The first-order valence-corrected chi connectivity index (χ1v) is 5.77. The predicted molar refractivity (Wildman–Crippen MR) is 64.2 cm³/mol. The lowest BCUT2D eigenvalue weighted by Gasteiger charge is -2.12. The van der Waals surface area contributed by atoms with E-state index in [1.54, 1.807) is 0 Å². The molecule has 0 saturated carbocycles. The quantitative estimate of drug-likeness (QED) is 0.510. The standard InChI is InChI=1S/C10H13N5O4/c11-10-13-8-4(9(18)14-10)2-12-15(8)7-1-5(17)6(3-16)19-7/h2,5-7,16-17H,1,3H2,(H3,11,13,14,18)/t5-,6-,7-/m1/s1. The van der Waals surface area contributed by atoms with E-state index in [2.05, 4.69) is 15.1 Å². The van der Waals surface area contributed by atoms with Gasteiger partial charge in [0, 0.05) is 6.42 Å². The number of nitrogen functional groups attached to an aromatic ring is 1. The molecule has 1 saturated heterocycles. The Hall–Kier alpha value is -1.97. The van der Waals surface area contributed by atoms with E-state index in [1.165, 1.54) is 10.9 Å². The number of hydrogen-bond acceptors (Lipinski definition) is 7. The second-order valence-corrected chi connectivity index (χ2v) is 4.39. The highest BCUT2D eigenvalue weighted by Gasteiger charge is 2.35. The topological polar surface area (TPSA) is 139 Å². The SMILES string of the molecule is Nc1nc2c(cnn2[C@H]2C[C@@H](O)[C@@H](CO)O2)c(=O)[nH]1. The highest BCUT2D eigenvalue weighted by atomic mass is 16.5. The van der Waals surface area contributed by atoms with Gasteiger partial charge in [0.15, 0.2) is 11.9 Å². The van der Waals surface area contributed by atoms with Gasteiger partial charge in [-0.15, -0.1) is 0 Å². The first-order chi connectivity index (χ1) is 9.10. The van der Waals surface area contributed by atoms with Gasteiger partial charge in [-0.1, -0.05) is 0 Å². The molecule has 9 nitrogen and oxygen atoms in total. The second kappa shape index (κ2) is 4.30. The third-order valence-corrected chi connectivity index (χ3v) is 3.14. The van der Waals surface area contributed by atoms with Gasteiger partial charge < -0.3 is 20.7 Å². The number of rotatable bonds is 2. The van der Waals surface area contributed by atoms with Crippen molar-refractivity contribution in [3.63, 3.8) is 0 Å². The largest absolute Gasteiger partial charge is 0.394 e. The Kier molecular flexibility index (Phi) is 2.73. The van der Waals surface area contributed by atoms with Crippen molar-refractivity contribution in [2.75, 3.05) is 12.3 Å². The van der Waals surface area contributed by atoms with Crippen LogP contribution in [0.1, 0.15) is 12.6 Å². The van der Waals surface area contributed by atoms with Crippen LogP contribution in [0, 0.1) is 0 Å². The van der Waals surface area contributed by atoms with E-state index in [1.807, 2.05) is 0 Å². The maximum absolute atomic E-state index is 11.7. The number of ether oxygens (including phenoxy) is 1. The Bertz CT molecular complexity index is 665. The summed E-state index contributed by atoms with van der Waals surface area (Å²) in [5.41, 5.74) is 5.40. The Morgan fingerprint density at radius 2 is 2.42 bits per heavy atom. The number of nitrogens with one attached hydrogen (secondary N) is 1. The zero-order valence-electron chi connectivity index (χ0n) is 9.85. The van der Waals surface area contributed by atoms with Gasteiger partial charge >= 0.3 is 0 Å². The summed E-state index contributed by atoms with van der Waals surface area (Å²) in [6.07, 6.45) is -0.408. The molecule has 3 rings (SSSR count).